The second-order valence-corrected chi connectivity index (χ2v) is 7.02. The van der Waals surface area contributed by atoms with Crippen molar-refractivity contribution in [3.63, 3.8) is 0 Å². The number of aliphatic hydroxyl groups is 4. The quantitative estimate of drug-likeness (QED) is 0.460. The van der Waals surface area contributed by atoms with E-state index in [4.69, 9.17) is 18.6 Å². The smallest absolute Gasteiger partial charge is 0.279 e. The summed E-state index contributed by atoms with van der Waals surface area (Å²) in [5, 5.41) is 46.7. The summed E-state index contributed by atoms with van der Waals surface area (Å²) in [6.45, 7) is 1.95. The minimum Gasteiger partial charge on any atom is -0.494 e. The van der Waals surface area contributed by atoms with Gasteiger partial charge in [-0.1, -0.05) is 6.07 Å². The van der Waals surface area contributed by atoms with E-state index in [0.29, 0.717) is 18.1 Å². The van der Waals surface area contributed by atoms with E-state index >= 15 is 0 Å². The number of hydrogen-bond acceptors (Lipinski definition) is 11. The molecule has 11 heteroatoms. The van der Waals surface area contributed by atoms with Crippen LogP contribution in [0.25, 0.3) is 0 Å². The van der Waals surface area contributed by atoms with E-state index in [1.165, 1.54) is 0 Å². The zero-order valence-electron chi connectivity index (χ0n) is 15.0. The van der Waals surface area contributed by atoms with Gasteiger partial charge in [-0.05, 0) is 30.8 Å². The first-order chi connectivity index (χ1) is 13.5. The summed E-state index contributed by atoms with van der Waals surface area (Å²) in [5.74, 6) is 1.46. The molecule has 0 saturated carbocycles. The van der Waals surface area contributed by atoms with E-state index in [1.807, 2.05) is 13.0 Å². The van der Waals surface area contributed by atoms with Gasteiger partial charge in [0.2, 0.25) is 0 Å². The van der Waals surface area contributed by atoms with Gasteiger partial charge < -0.3 is 39.1 Å². The van der Waals surface area contributed by atoms with Crippen molar-refractivity contribution < 1.29 is 39.1 Å². The lowest BCUT2D eigenvalue weighted by atomic mass is 10.0. The monoisotopic (exact) mass is 414 g/mol. The van der Waals surface area contributed by atoms with Crippen LogP contribution >= 0.6 is 11.8 Å². The highest BCUT2D eigenvalue weighted by Crippen LogP contribution is 2.32. The molecular weight excluding hydrogens is 392 g/mol. The van der Waals surface area contributed by atoms with E-state index in [0.717, 1.165) is 11.8 Å². The van der Waals surface area contributed by atoms with E-state index in [1.54, 1.807) is 18.2 Å². The Morgan fingerprint density at radius 2 is 1.82 bits per heavy atom. The zero-order valence-corrected chi connectivity index (χ0v) is 15.9. The molecule has 10 nitrogen and oxygen atoms in total. The molecule has 1 aliphatic heterocycles. The third kappa shape index (κ3) is 4.93. The van der Waals surface area contributed by atoms with Crippen molar-refractivity contribution in [1.82, 2.24) is 10.2 Å². The molecule has 2 aromatic rings. The molecule has 1 fully saturated rings. The van der Waals surface area contributed by atoms with Crippen LogP contribution in [0.15, 0.2) is 33.9 Å². The van der Waals surface area contributed by atoms with Gasteiger partial charge in [0, 0.05) is 6.07 Å². The molecule has 154 valence electrons. The zero-order chi connectivity index (χ0) is 20.1. The fraction of sp³-hybridized carbons (Fsp3) is 0.529. The van der Waals surface area contributed by atoms with E-state index in [-0.39, 0.29) is 17.7 Å². The van der Waals surface area contributed by atoms with Gasteiger partial charge in [-0.2, -0.15) is 0 Å². The molecule has 0 aliphatic carbocycles. The number of thioether (sulfide) groups is 1. The Morgan fingerprint density at radius 1 is 1.07 bits per heavy atom. The standard InChI is InChI=1S/C17H22N2O8S/c1-2-24-9-4-3-5-10(6-9)25-8-12-18-19-17(27-12)28-16-15(23)14(22)13(21)11(7-20)26-16/h3-6,11,13-16,20-23H,2,7-8H2,1H3/t11-,13+,14+,15-,16+/m1/s1. The first kappa shape index (κ1) is 20.8. The molecule has 4 N–H and O–H groups in total. The summed E-state index contributed by atoms with van der Waals surface area (Å²) in [6, 6.07) is 7.12. The van der Waals surface area contributed by atoms with Gasteiger partial charge >= 0.3 is 0 Å². The second kappa shape index (κ2) is 9.54. The van der Waals surface area contributed by atoms with Gasteiger partial charge in [-0.25, -0.2) is 0 Å². The van der Waals surface area contributed by atoms with Crippen LogP contribution in [0.3, 0.4) is 0 Å². The molecule has 1 aromatic heterocycles. The third-order valence-corrected chi connectivity index (χ3v) is 4.98. The summed E-state index contributed by atoms with van der Waals surface area (Å²) in [7, 11) is 0. The van der Waals surface area contributed by atoms with Crippen LogP contribution in [-0.2, 0) is 11.3 Å². The molecule has 1 saturated heterocycles. The highest BCUT2D eigenvalue weighted by molar-refractivity contribution is 7.99. The molecule has 0 radical (unpaired) electrons. The summed E-state index contributed by atoms with van der Waals surface area (Å²) in [6.07, 6.45) is -5.28. The molecule has 0 unspecified atom stereocenters. The minimum absolute atomic E-state index is 0.0256. The van der Waals surface area contributed by atoms with Gasteiger partial charge in [-0.3, -0.25) is 0 Å². The summed E-state index contributed by atoms with van der Waals surface area (Å²) >= 11 is 0.879. The Morgan fingerprint density at radius 3 is 2.54 bits per heavy atom. The molecule has 0 amide bonds. The van der Waals surface area contributed by atoms with Crippen molar-refractivity contribution in [2.24, 2.45) is 0 Å². The molecule has 1 aromatic carbocycles. The van der Waals surface area contributed by atoms with Crippen LogP contribution in [0.5, 0.6) is 11.5 Å². The number of ether oxygens (including phenoxy) is 3. The van der Waals surface area contributed by atoms with E-state index < -0.39 is 36.5 Å². The van der Waals surface area contributed by atoms with Crippen LogP contribution in [0.1, 0.15) is 12.8 Å². The molecular formula is C17H22N2O8S. The van der Waals surface area contributed by atoms with Crippen LogP contribution in [0.4, 0.5) is 0 Å². The predicted octanol–water partition coefficient (Wildman–Crippen LogP) is -0.0607. The summed E-state index contributed by atoms with van der Waals surface area (Å²) in [4.78, 5) is 0. The van der Waals surface area contributed by atoms with Crippen molar-refractivity contribution in [1.29, 1.82) is 0 Å². The van der Waals surface area contributed by atoms with Crippen molar-refractivity contribution >= 4 is 11.8 Å². The maximum atomic E-state index is 10.0. The number of aromatic nitrogens is 2. The van der Waals surface area contributed by atoms with Gasteiger partial charge in [0.05, 0.1) is 13.2 Å². The minimum atomic E-state index is -1.47. The van der Waals surface area contributed by atoms with Crippen LogP contribution in [-0.4, -0.2) is 73.7 Å². The topological polar surface area (TPSA) is 148 Å². The Bertz CT molecular complexity index is 758. The number of aliphatic hydroxyl groups excluding tert-OH is 4. The highest BCUT2D eigenvalue weighted by Gasteiger charge is 2.44. The average molecular weight is 414 g/mol. The molecule has 3 rings (SSSR count). The lowest BCUT2D eigenvalue weighted by Gasteiger charge is -2.38. The molecule has 0 bridgehead atoms. The lowest BCUT2D eigenvalue weighted by molar-refractivity contribution is -0.205. The number of nitrogens with zero attached hydrogens (tertiary/aromatic N) is 2. The largest absolute Gasteiger partial charge is 0.494 e. The van der Waals surface area contributed by atoms with Crippen molar-refractivity contribution in [2.45, 2.75) is 48.6 Å². The van der Waals surface area contributed by atoms with Crippen LogP contribution in [0.2, 0.25) is 0 Å². The number of rotatable bonds is 8. The lowest BCUT2D eigenvalue weighted by Crippen LogP contribution is -2.57. The fourth-order valence-electron chi connectivity index (χ4n) is 2.57. The molecule has 5 atom stereocenters. The molecule has 0 spiro atoms. The maximum absolute atomic E-state index is 10.0. The molecule has 1 aliphatic rings. The van der Waals surface area contributed by atoms with Crippen molar-refractivity contribution in [2.75, 3.05) is 13.2 Å². The fourth-order valence-corrected chi connectivity index (χ4v) is 3.50. The maximum Gasteiger partial charge on any atom is 0.279 e. The van der Waals surface area contributed by atoms with Gasteiger partial charge in [0.1, 0.15) is 41.4 Å². The first-order valence-corrected chi connectivity index (χ1v) is 9.55. The first-order valence-electron chi connectivity index (χ1n) is 8.67. The number of hydrogen-bond donors (Lipinski definition) is 4. The summed E-state index contributed by atoms with van der Waals surface area (Å²) in [5.41, 5.74) is -0.993. The van der Waals surface area contributed by atoms with E-state index in [2.05, 4.69) is 10.2 Å². The predicted molar refractivity (Wildman–Crippen MR) is 95.9 cm³/mol. The Labute approximate surface area is 165 Å². The normalized spacial score (nSPS) is 27.5. The molecule has 2 heterocycles. The third-order valence-electron chi connectivity index (χ3n) is 3.99. The van der Waals surface area contributed by atoms with Crippen LogP contribution < -0.4 is 9.47 Å². The van der Waals surface area contributed by atoms with Crippen molar-refractivity contribution in [3.05, 3.63) is 30.2 Å². The van der Waals surface area contributed by atoms with E-state index in [9.17, 15) is 20.4 Å². The summed E-state index contributed by atoms with van der Waals surface area (Å²) < 4.78 is 21.8. The van der Waals surface area contributed by atoms with Crippen molar-refractivity contribution in [3.8, 4) is 11.5 Å². The van der Waals surface area contributed by atoms with Gasteiger partial charge in [0.25, 0.3) is 11.1 Å². The van der Waals surface area contributed by atoms with Gasteiger partial charge in [-0.15, -0.1) is 10.2 Å². The van der Waals surface area contributed by atoms with Crippen LogP contribution in [0, 0.1) is 0 Å². The highest BCUT2D eigenvalue weighted by atomic mass is 32.2. The Balaban J connectivity index is 1.57. The SMILES string of the molecule is CCOc1cccc(OCc2nnc(S[C@@H]3O[C@H](CO)[C@H](O)[C@H](O)[C@H]3O)o2)c1. The second-order valence-electron chi connectivity index (χ2n) is 5.97. The molecule has 28 heavy (non-hydrogen) atoms. The Kier molecular flexibility index (Phi) is 7.10. The van der Waals surface area contributed by atoms with Gasteiger partial charge in [0.15, 0.2) is 6.61 Å². The Hall–Kier alpha value is -1.89. The average Bonchev–Trinajstić information content (AvgIpc) is 3.15. The number of benzene rings is 1.